The molecule has 118 valence electrons. The van der Waals surface area contributed by atoms with Gasteiger partial charge in [0.1, 0.15) is 4.90 Å². The van der Waals surface area contributed by atoms with Gasteiger partial charge in [-0.1, -0.05) is 31.5 Å². The topological polar surface area (TPSA) is 63.4 Å². The standard InChI is InChI=1S/C15H23ClN2O2S/c1-11(2)7-8-18(13-4-5-13)21(19,20)15-9-12(10-17)3-6-14(15)16/h3,6,9,11,13H,4-5,7-8,10,17H2,1-2H3. The van der Waals surface area contributed by atoms with E-state index in [4.69, 9.17) is 17.3 Å². The number of halogens is 1. The van der Waals surface area contributed by atoms with Gasteiger partial charge in [-0.15, -0.1) is 0 Å². The van der Waals surface area contributed by atoms with Crippen LogP contribution in [0.1, 0.15) is 38.7 Å². The Hall–Kier alpha value is -0.620. The molecule has 1 saturated carbocycles. The van der Waals surface area contributed by atoms with E-state index in [1.807, 2.05) is 0 Å². The lowest BCUT2D eigenvalue weighted by Crippen LogP contribution is -2.34. The summed E-state index contributed by atoms with van der Waals surface area (Å²) in [6.45, 7) is 5.04. The molecule has 0 amide bonds. The van der Waals surface area contributed by atoms with Gasteiger partial charge in [-0.25, -0.2) is 8.42 Å². The highest BCUT2D eigenvalue weighted by atomic mass is 35.5. The Morgan fingerprint density at radius 1 is 1.38 bits per heavy atom. The Labute approximate surface area is 132 Å². The van der Waals surface area contributed by atoms with Crippen LogP contribution >= 0.6 is 11.6 Å². The monoisotopic (exact) mass is 330 g/mol. The first-order valence-electron chi connectivity index (χ1n) is 7.36. The van der Waals surface area contributed by atoms with Gasteiger partial charge < -0.3 is 5.73 Å². The Balaban J connectivity index is 2.34. The van der Waals surface area contributed by atoms with E-state index in [1.54, 1.807) is 22.5 Å². The molecule has 0 unspecified atom stereocenters. The van der Waals surface area contributed by atoms with E-state index >= 15 is 0 Å². The van der Waals surface area contributed by atoms with Crippen LogP contribution in [0.25, 0.3) is 0 Å². The van der Waals surface area contributed by atoms with Crippen molar-refractivity contribution in [3.63, 3.8) is 0 Å². The van der Waals surface area contributed by atoms with Gasteiger partial charge in [0, 0.05) is 19.1 Å². The maximum absolute atomic E-state index is 12.9. The van der Waals surface area contributed by atoms with Gasteiger partial charge in [-0.2, -0.15) is 4.31 Å². The van der Waals surface area contributed by atoms with Crippen LogP contribution in [0.4, 0.5) is 0 Å². The summed E-state index contributed by atoms with van der Waals surface area (Å²) in [4.78, 5) is 0.183. The molecule has 1 aromatic carbocycles. The van der Waals surface area contributed by atoms with Crippen molar-refractivity contribution >= 4 is 21.6 Å². The van der Waals surface area contributed by atoms with E-state index in [1.165, 1.54) is 0 Å². The Morgan fingerprint density at radius 2 is 2.05 bits per heavy atom. The van der Waals surface area contributed by atoms with E-state index in [0.29, 0.717) is 19.0 Å². The van der Waals surface area contributed by atoms with Gasteiger partial charge in [0.25, 0.3) is 0 Å². The second-order valence-electron chi connectivity index (χ2n) is 6.00. The summed E-state index contributed by atoms with van der Waals surface area (Å²) in [5.74, 6) is 0.465. The van der Waals surface area contributed by atoms with Crippen LogP contribution in [0, 0.1) is 5.92 Å². The minimum absolute atomic E-state index is 0.131. The van der Waals surface area contributed by atoms with Crippen molar-refractivity contribution in [1.82, 2.24) is 4.31 Å². The molecule has 1 aliphatic rings. The average molecular weight is 331 g/mol. The number of hydrogen-bond donors (Lipinski definition) is 1. The Morgan fingerprint density at radius 3 is 2.57 bits per heavy atom. The van der Waals surface area contributed by atoms with Crippen molar-refractivity contribution in [2.45, 2.75) is 50.6 Å². The molecule has 4 nitrogen and oxygen atoms in total. The van der Waals surface area contributed by atoms with Crippen molar-refractivity contribution < 1.29 is 8.42 Å². The number of benzene rings is 1. The minimum atomic E-state index is -3.55. The van der Waals surface area contributed by atoms with E-state index in [-0.39, 0.29) is 16.0 Å². The highest BCUT2D eigenvalue weighted by molar-refractivity contribution is 7.89. The zero-order valence-electron chi connectivity index (χ0n) is 12.5. The molecule has 1 fully saturated rings. The Bertz CT molecular complexity index is 598. The van der Waals surface area contributed by atoms with Crippen LogP contribution in [0.2, 0.25) is 5.02 Å². The lowest BCUT2D eigenvalue weighted by molar-refractivity contribution is 0.373. The Kier molecular flexibility index (Phi) is 5.30. The highest BCUT2D eigenvalue weighted by Crippen LogP contribution is 2.35. The fraction of sp³-hybridized carbons (Fsp3) is 0.600. The molecule has 2 N–H and O–H groups in total. The molecule has 0 saturated heterocycles. The van der Waals surface area contributed by atoms with Gasteiger partial charge in [0.2, 0.25) is 10.0 Å². The number of sulfonamides is 1. The lowest BCUT2D eigenvalue weighted by Gasteiger charge is -2.23. The third-order valence-corrected chi connectivity index (χ3v) is 6.13. The third-order valence-electron chi connectivity index (χ3n) is 3.70. The summed E-state index contributed by atoms with van der Waals surface area (Å²) >= 11 is 6.12. The summed E-state index contributed by atoms with van der Waals surface area (Å²) in [6, 6.07) is 5.11. The molecule has 0 atom stereocenters. The molecule has 0 aromatic heterocycles. The maximum Gasteiger partial charge on any atom is 0.244 e. The molecule has 0 bridgehead atoms. The van der Waals surface area contributed by atoms with Crippen LogP contribution in [0.15, 0.2) is 23.1 Å². The van der Waals surface area contributed by atoms with E-state index in [2.05, 4.69) is 13.8 Å². The van der Waals surface area contributed by atoms with Crippen LogP contribution in [0.3, 0.4) is 0 Å². The quantitative estimate of drug-likeness (QED) is 0.836. The number of nitrogens with zero attached hydrogens (tertiary/aromatic N) is 1. The molecule has 0 aliphatic heterocycles. The van der Waals surface area contributed by atoms with Crippen LogP contribution < -0.4 is 5.73 Å². The summed E-state index contributed by atoms with van der Waals surface area (Å²) in [7, 11) is -3.55. The lowest BCUT2D eigenvalue weighted by atomic mass is 10.1. The fourth-order valence-corrected chi connectivity index (χ4v) is 4.47. The number of nitrogens with two attached hydrogens (primary N) is 1. The molecule has 21 heavy (non-hydrogen) atoms. The molecule has 2 rings (SSSR count). The highest BCUT2D eigenvalue weighted by Gasteiger charge is 2.38. The van der Waals surface area contributed by atoms with Gasteiger partial charge in [-0.3, -0.25) is 0 Å². The van der Waals surface area contributed by atoms with Crippen LogP contribution in [0.5, 0.6) is 0 Å². The molecular formula is C15H23ClN2O2S. The normalized spacial score (nSPS) is 15.9. The molecule has 0 radical (unpaired) electrons. The first kappa shape index (κ1) is 16.7. The van der Waals surface area contributed by atoms with Crippen LogP contribution in [-0.2, 0) is 16.6 Å². The van der Waals surface area contributed by atoms with Crippen molar-refractivity contribution in [3.05, 3.63) is 28.8 Å². The van der Waals surface area contributed by atoms with Gasteiger partial charge in [-0.05, 0) is 42.9 Å². The second-order valence-corrected chi connectivity index (χ2v) is 8.26. The molecule has 1 aromatic rings. The van der Waals surface area contributed by atoms with E-state index in [0.717, 1.165) is 24.8 Å². The van der Waals surface area contributed by atoms with Crippen LogP contribution in [-0.4, -0.2) is 25.3 Å². The van der Waals surface area contributed by atoms with Gasteiger partial charge >= 0.3 is 0 Å². The zero-order valence-corrected chi connectivity index (χ0v) is 14.1. The van der Waals surface area contributed by atoms with Gasteiger partial charge in [0.15, 0.2) is 0 Å². The van der Waals surface area contributed by atoms with Crippen molar-refractivity contribution in [2.24, 2.45) is 11.7 Å². The molecule has 0 spiro atoms. The average Bonchev–Trinajstić information content (AvgIpc) is 3.23. The number of rotatable bonds is 7. The van der Waals surface area contributed by atoms with Crippen molar-refractivity contribution in [3.8, 4) is 0 Å². The third kappa shape index (κ3) is 3.97. The first-order valence-corrected chi connectivity index (χ1v) is 9.18. The largest absolute Gasteiger partial charge is 0.326 e. The summed E-state index contributed by atoms with van der Waals surface area (Å²) < 4.78 is 27.5. The first-order chi connectivity index (χ1) is 9.86. The number of hydrogen-bond acceptors (Lipinski definition) is 3. The fourth-order valence-electron chi connectivity index (χ4n) is 2.25. The van der Waals surface area contributed by atoms with Gasteiger partial charge in [0.05, 0.1) is 5.02 Å². The predicted molar refractivity (Wildman–Crippen MR) is 85.7 cm³/mol. The zero-order chi connectivity index (χ0) is 15.6. The van der Waals surface area contributed by atoms with Crippen molar-refractivity contribution in [2.75, 3.05) is 6.54 Å². The van der Waals surface area contributed by atoms with E-state index in [9.17, 15) is 8.42 Å². The maximum atomic E-state index is 12.9. The predicted octanol–water partition coefficient (Wildman–Crippen LogP) is 3.00. The molecule has 1 aliphatic carbocycles. The second kappa shape index (κ2) is 6.65. The molecular weight excluding hydrogens is 308 g/mol. The van der Waals surface area contributed by atoms with E-state index < -0.39 is 10.0 Å². The summed E-state index contributed by atoms with van der Waals surface area (Å²) in [6.07, 6.45) is 2.72. The summed E-state index contributed by atoms with van der Waals surface area (Å²) in [5.41, 5.74) is 6.38. The minimum Gasteiger partial charge on any atom is -0.326 e. The molecule has 0 heterocycles. The summed E-state index contributed by atoms with van der Waals surface area (Å²) in [5, 5.41) is 0.266. The smallest absolute Gasteiger partial charge is 0.244 e. The SMILES string of the molecule is CC(C)CCN(C1CC1)S(=O)(=O)c1cc(CN)ccc1Cl. The molecule has 6 heteroatoms. The van der Waals surface area contributed by atoms with Crippen molar-refractivity contribution in [1.29, 1.82) is 0 Å².